The first kappa shape index (κ1) is 21.4. The van der Waals surface area contributed by atoms with E-state index in [1.165, 1.54) is 24.5 Å². The van der Waals surface area contributed by atoms with Crippen molar-refractivity contribution in [1.82, 2.24) is 9.97 Å². The zero-order valence-corrected chi connectivity index (χ0v) is 15.4. The monoisotopic (exact) mass is 392 g/mol. The second kappa shape index (κ2) is 11.7. The highest BCUT2D eigenvalue weighted by Crippen LogP contribution is 2.10. The number of esters is 2. The molecule has 0 aromatic carbocycles. The van der Waals surface area contributed by atoms with Crippen LogP contribution >= 0.6 is 0 Å². The minimum atomic E-state index is -0.473. The van der Waals surface area contributed by atoms with Crippen molar-refractivity contribution < 1.29 is 27.8 Å². The number of nitrogens with zero attached hydrogens (tertiary/aromatic N) is 2. The predicted molar refractivity (Wildman–Crippen MR) is 95.7 cm³/mol. The minimum Gasteiger partial charge on any atom is -0.461 e. The van der Waals surface area contributed by atoms with Gasteiger partial charge in [0.15, 0.2) is 0 Å². The Kier molecular flexibility index (Phi) is 8.97. The molecule has 8 heteroatoms. The minimum absolute atomic E-state index is 0.00370. The second-order valence-electron chi connectivity index (χ2n) is 6.26. The molecular weight excluding hydrogens is 370 g/mol. The molecule has 0 fully saturated rings. The number of ether oxygens (including phenoxy) is 2. The Bertz CT molecular complexity index is 721. The summed E-state index contributed by atoms with van der Waals surface area (Å²) in [6.45, 7) is -0.00740. The highest BCUT2D eigenvalue weighted by atomic mass is 19.1. The molecule has 0 N–H and O–H groups in total. The molecule has 150 valence electrons. The highest BCUT2D eigenvalue weighted by molar-refractivity contribution is 5.69. The number of rotatable bonds is 11. The summed E-state index contributed by atoms with van der Waals surface area (Å²) in [5, 5.41) is 0. The van der Waals surface area contributed by atoms with Crippen LogP contribution in [0.1, 0.15) is 49.7 Å². The molecule has 0 aliphatic carbocycles. The molecule has 0 unspecified atom stereocenters. The first-order valence-electron chi connectivity index (χ1n) is 9.03. The number of pyridine rings is 2. The zero-order valence-electron chi connectivity index (χ0n) is 15.4. The molecule has 0 spiro atoms. The van der Waals surface area contributed by atoms with Crippen LogP contribution in [0.15, 0.2) is 36.9 Å². The zero-order chi connectivity index (χ0) is 20.2. The van der Waals surface area contributed by atoms with Crippen LogP contribution in [0.25, 0.3) is 0 Å². The number of aromatic nitrogens is 2. The molecule has 0 saturated carbocycles. The van der Waals surface area contributed by atoms with E-state index in [0.29, 0.717) is 24.0 Å². The van der Waals surface area contributed by atoms with Crippen molar-refractivity contribution in [3.05, 3.63) is 59.7 Å². The lowest BCUT2D eigenvalue weighted by molar-refractivity contribution is -0.146. The SMILES string of the molecule is O=C(CCCCCCC(=O)OCc1cncc(F)c1)OCc1cncc(F)c1. The maximum Gasteiger partial charge on any atom is 0.306 e. The van der Waals surface area contributed by atoms with Crippen molar-refractivity contribution in [1.29, 1.82) is 0 Å². The Morgan fingerprint density at radius 3 is 1.54 bits per heavy atom. The molecule has 0 amide bonds. The lowest BCUT2D eigenvalue weighted by atomic mass is 10.1. The molecule has 2 aromatic rings. The Labute approximate surface area is 161 Å². The predicted octanol–water partition coefficient (Wildman–Crippen LogP) is 3.88. The summed E-state index contributed by atoms with van der Waals surface area (Å²) in [5.74, 6) is -1.65. The van der Waals surface area contributed by atoms with Gasteiger partial charge in [-0.1, -0.05) is 12.8 Å². The Morgan fingerprint density at radius 1 is 0.714 bits per heavy atom. The van der Waals surface area contributed by atoms with Crippen molar-refractivity contribution in [2.75, 3.05) is 0 Å². The Morgan fingerprint density at radius 2 is 1.14 bits per heavy atom. The van der Waals surface area contributed by atoms with Gasteiger partial charge >= 0.3 is 11.9 Å². The fraction of sp³-hybridized carbons (Fsp3) is 0.400. The van der Waals surface area contributed by atoms with Crippen LogP contribution in [0.2, 0.25) is 0 Å². The third-order valence-corrected chi connectivity index (χ3v) is 3.83. The number of hydrogen-bond acceptors (Lipinski definition) is 6. The maximum atomic E-state index is 13.0. The summed E-state index contributed by atoms with van der Waals surface area (Å²) in [7, 11) is 0. The first-order chi connectivity index (χ1) is 13.5. The van der Waals surface area contributed by atoms with Crippen LogP contribution in [0.5, 0.6) is 0 Å². The van der Waals surface area contributed by atoms with Crippen molar-refractivity contribution >= 4 is 11.9 Å². The number of halogens is 2. The fourth-order valence-corrected chi connectivity index (χ4v) is 2.43. The molecular formula is C20H22F2N2O4. The molecule has 28 heavy (non-hydrogen) atoms. The molecule has 0 atom stereocenters. The Balaban J connectivity index is 1.48. The van der Waals surface area contributed by atoms with E-state index in [4.69, 9.17) is 9.47 Å². The molecule has 2 rings (SSSR count). The summed E-state index contributed by atoms with van der Waals surface area (Å²) < 4.78 is 36.1. The molecule has 2 heterocycles. The first-order valence-corrected chi connectivity index (χ1v) is 9.03. The third kappa shape index (κ3) is 8.66. The second-order valence-corrected chi connectivity index (χ2v) is 6.26. The van der Waals surface area contributed by atoms with Gasteiger partial charge in [-0.05, 0) is 25.0 Å². The molecule has 0 radical (unpaired) electrons. The van der Waals surface area contributed by atoms with Crippen LogP contribution in [-0.4, -0.2) is 21.9 Å². The summed E-state index contributed by atoms with van der Waals surface area (Å²) in [5.41, 5.74) is 1.00. The van der Waals surface area contributed by atoms with Crippen LogP contribution in [-0.2, 0) is 32.3 Å². The summed E-state index contributed by atoms with van der Waals surface area (Å²) in [6, 6.07) is 2.54. The average Bonchev–Trinajstić information content (AvgIpc) is 2.67. The van der Waals surface area contributed by atoms with Crippen LogP contribution in [0, 0.1) is 11.6 Å². The lowest BCUT2D eigenvalue weighted by Crippen LogP contribution is -2.05. The molecule has 2 aromatic heterocycles. The number of unbranched alkanes of at least 4 members (excludes halogenated alkanes) is 3. The maximum absolute atomic E-state index is 13.0. The van der Waals surface area contributed by atoms with Gasteiger partial charge in [0.2, 0.25) is 0 Å². The van der Waals surface area contributed by atoms with Crippen LogP contribution in [0.4, 0.5) is 8.78 Å². The van der Waals surface area contributed by atoms with Gasteiger partial charge in [0.1, 0.15) is 24.8 Å². The Hall–Kier alpha value is -2.90. The van der Waals surface area contributed by atoms with E-state index in [9.17, 15) is 18.4 Å². The quantitative estimate of drug-likeness (QED) is 0.427. The van der Waals surface area contributed by atoms with E-state index < -0.39 is 11.6 Å². The van der Waals surface area contributed by atoms with Gasteiger partial charge in [0, 0.05) is 36.4 Å². The lowest BCUT2D eigenvalue weighted by Gasteiger charge is -2.06. The van der Waals surface area contributed by atoms with E-state index in [1.54, 1.807) is 0 Å². The summed E-state index contributed by atoms with van der Waals surface area (Å²) >= 11 is 0. The van der Waals surface area contributed by atoms with Gasteiger partial charge in [-0.25, -0.2) is 8.78 Å². The number of carbonyl (C=O) groups is 2. The van der Waals surface area contributed by atoms with E-state index >= 15 is 0 Å². The topological polar surface area (TPSA) is 78.4 Å². The largest absolute Gasteiger partial charge is 0.461 e. The third-order valence-electron chi connectivity index (χ3n) is 3.83. The van der Waals surface area contributed by atoms with E-state index in [2.05, 4.69) is 9.97 Å². The summed E-state index contributed by atoms with van der Waals surface area (Å²) in [4.78, 5) is 30.7. The van der Waals surface area contributed by atoms with Gasteiger partial charge < -0.3 is 9.47 Å². The van der Waals surface area contributed by atoms with Gasteiger partial charge in [0.25, 0.3) is 0 Å². The van der Waals surface area contributed by atoms with Gasteiger partial charge in [0.05, 0.1) is 12.4 Å². The molecule has 0 aliphatic heterocycles. The normalized spacial score (nSPS) is 10.5. The van der Waals surface area contributed by atoms with Crippen molar-refractivity contribution in [3.8, 4) is 0 Å². The van der Waals surface area contributed by atoms with Gasteiger partial charge in [-0.2, -0.15) is 0 Å². The average molecular weight is 392 g/mol. The standard InChI is InChI=1S/C20H22F2N2O4/c21-17-7-15(9-23-11-17)13-27-19(25)5-3-1-2-4-6-20(26)28-14-16-8-18(22)12-24-10-16/h7-12H,1-6,13-14H2. The summed E-state index contributed by atoms with van der Waals surface area (Å²) in [6.07, 6.45) is 8.42. The molecule has 0 saturated heterocycles. The fourth-order valence-electron chi connectivity index (χ4n) is 2.43. The van der Waals surface area contributed by atoms with E-state index in [1.807, 2.05) is 0 Å². The van der Waals surface area contributed by atoms with Crippen molar-refractivity contribution in [2.45, 2.75) is 51.7 Å². The highest BCUT2D eigenvalue weighted by Gasteiger charge is 2.06. The van der Waals surface area contributed by atoms with Crippen molar-refractivity contribution in [3.63, 3.8) is 0 Å². The van der Waals surface area contributed by atoms with Crippen LogP contribution in [0.3, 0.4) is 0 Å². The molecule has 0 bridgehead atoms. The van der Waals surface area contributed by atoms with Crippen LogP contribution < -0.4 is 0 Å². The molecule has 0 aliphatic rings. The van der Waals surface area contributed by atoms with Crippen molar-refractivity contribution in [2.24, 2.45) is 0 Å². The smallest absolute Gasteiger partial charge is 0.306 e. The van der Waals surface area contributed by atoms with E-state index in [-0.39, 0.29) is 38.0 Å². The number of hydrogen-bond donors (Lipinski definition) is 0. The van der Waals surface area contributed by atoms with Gasteiger partial charge in [-0.15, -0.1) is 0 Å². The number of carbonyl (C=O) groups excluding carboxylic acids is 2. The molecule has 6 nitrogen and oxygen atoms in total. The van der Waals surface area contributed by atoms with Gasteiger partial charge in [-0.3, -0.25) is 19.6 Å². The van der Waals surface area contributed by atoms with E-state index in [0.717, 1.165) is 25.2 Å².